The molecule has 1 aliphatic carbocycles. The molecule has 5 N–H and O–H groups in total. The van der Waals surface area contributed by atoms with Crippen molar-refractivity contribution in [1.29, 1.82) is 0 Å². The van der Waals surface area contributed by atoms with Crippen LogP contribution in [0.25, 0.3) is 0 Å². The van der Waals surface area contributed by atoms with E-state index in [1.54, 1.807) is 0 Å². The van der Waals surface area contributed by atoms with Crippen LogP contribution in [0.2, 0.25) is 0 Å². The van der Waals surface area contributed by atoms with Gasteiger partial charge in [0, 0.05) is 57.1 Å². The molecule has 2 amide bonds. The summed E-state index contributed by atoms with van der Waals surface area (Å²) in [6, 6.07) is 0.486. The maximum Gasteiger partial charge on any atom is 0.223 e. The fraction of sp³-hybridized carbons (Fsp3) is 0.933. The lowest BCUT2D eigenvalue weighted by molar-refractivity contribution is -0.136. The summed E-state index contributed by atoms with van der Waals surface area (Å²) in [7, 11) is 0. The predicted octanol–water partition coefficient (Wildman–Crippen LogP) is 0.179. The van der Waals surface area contributed by atoms with Crippen molar-refractivity contribution in [3.05, 3.63) is 0 Å². The van der Waals surface area contributed by atoms with Gasteiger partial charge in [0.2, 0.25) is 11.8 Å². The molecule has 4 saturated heterocycles. The normalized spacial score (nSPS) is 36.7. The van der Waals surface area contributed by atoms with Gasteiger partial charge >= 0.3 is 0 Å². The maximum absolute atomic E-state index is 15.0. The van der Waals surface area contributed by atoms with E-state index in [-0.39, 0.29) is 60.7 Å². The van der Waals surface area contributed by atoms with Gasteiger partial charge in [-0.15, -0.1) is 0 Å². The molecule has 0 aromatic rings. The number of nitrogens with one attached hydrogen (secondary N) is 4. The first-order chi connectivity index (χ1) is 20.3. The van der Waals surface area contributed by atoms with E-state index in [0.29, 0.717) is 45.1 Å². The van der Waals surface area contributed by atoms with Crippen molar-refractivity contribution in [3.63, 3.8) is 0 Å². The van der Waals surface area contributed by atoms with Crippen LogP contribution in [0, 0.1) is 17.8 Å². The summed E-state index contributed by atoms with van der Waals surface area (Å²) in [5.74, 6) is 0.806. The quantitative estimate of drug-likeness (QED) is 0.214. The lowest BCUT2D eigenvalue weighted by Gasteiger charge is -2.45. The molecule has 1 saturated carbocycles. The first-order valence-corrected chi connectivity index (χ1v) is 16.3. The second-order valence-electron chi connectivity index (χ2n) is 13.3. The van der Waals surface area contributed by atoms with Gasteiger partial charge in [0.15, 0.2) is 0 Å². The lowest BCUT2D eigenvalue weighted by Crippen LogP contribution is -2.64. The highest BCUT2D eigenvalue weighted by molar-refractivity contribution is 5.79. The number of nitrogens with zero attached hydrogens (tertiary/aromatic N) is 2. The van der Waals surface area contributed by atoms with Crippen molar-refractivity contribution in [2.45, 2.75) is 102 Å². The molecule has 5 rings (SSSR count). The second kappa shape index (κ2) is 15.0. The van der Waals surface area contributed by atoms with Crippen LogP contribution in [0.4, 0.5) is 4.39 Å². The number of aliphatic hydroxyl groups is 1. The molecule has 8 unspecified atom stereocenters. The second-order valence-corrected chi connectivity index (χ2v) is 13.3. The van der Waals surface area contributed by atoms with Crippen LogP contribution in [0.5, 0.6) is 0 Å². The van der Waals surface area contributed by atoms with E-state index in [1.165, 1.54) is 0 Å². The van der Waals surface area contributed by atoms with Gasteiger partial charge in [-0.05, 0) is 70.4 Å². The average molecular weight is 597 g/mol. The van der Waals surface area contributed by atoms with Crippen LogP contribution in [0.1, 0.15) is 58.8 Å². The molecule has 0 aromatic heterocycles. The Morgan fingerprint density at radius 3 is 2.74 bits per heavy atom. The molecular weight excluding hydrogens is 543 g/mol. The van der Waals surface area contributed by atoms with Gasteiger partial charge in [0.1, 0.15) is 6.17 Å². The van der Waals surface area contributed by atoms with E-state index in [2.05, 4.69) is 33.1 Å². The molecule has 42 heavy (non-hydrogen) atoms. The van der Waals surface area contributed by atoms with Gasteiger partial charge in [-0.3, -0.25) is 20.2 Å². The summed E-state index contributed by atoms with van der Waals surface area (Å²) >= 11 is 0. The minimum absolute atomic E-state index is 0.0128. The van der Waals surface area contributed by atoms with Crippen LogP contribution in [0.3, 0.4) is 0 Å². The molecule has 0 radical (unpaired) electrons. The molecule has 0 aromatic carbocycles. The Hall–Kier alpha value is -1.41. The first-order valence-electron chi connectivity index (χ1n) is 16.3. The Kier molecular flexibility index (Phi) is 11.5. The fourth-order valence-corrected chi connectivity index (χ4v) is 7.38. The fourth-order valence-electron chi connectivity index (χ4n) is 7.38. The summed E-state index contributed by atoms with van der Waals surface area (Å²) in [4.78, 5) is 29.0. The molecule has 4 heterocycles. The van der Waals surface area contributed by atoms with Crippen molar-refractivity contribution < 1.29 is 28.6 Å². The summed E-state index contributed by atoms with van der Waals surface area (Å²) in [6.45, 7) is 9.59. The molecule has 11 nitrogen and oxygen atoms in total. The standard InChI is InChI=1S/C30H53FN6O5/c1-3-4-29(39)37-14-23(15-37)35-28-11-21(5-7-32-28)30(40)33-12-24(38)16-36-8-6-20-10-26(25(31)9-22(20)13-36)41-17-27-19(2)34-18-42-27/h19-28,32,34-35,38H,3-18H2,1-2H3,(H,33,40)/t19?,20?,21?,22?,24-,25?,26?,27?,28?/m0/s1. The van der Waals surface area contributed by atoms with Crippen molar-refractivity contribution in [2.24, 2.45) is 17.8 Å². The third-order valence-electron chi connectivity index (χ3n) is 10.1. The number of piperidine rings is 2. The number of carbonyl (C=O) groups is 2. The zero-order valence-corrected chi connectivity index (χ0v) is 25.4. The minimum atomic E-state index is -0.977. The maximum atomic E-state index is 15.0. The number of rotatable bonds is 12. The Bertz CT molecular complexity index is 896. The average Bonchev–Trinajstić information content (AvgIpc) is 3.37. The third-order valence-corrected chi connectivity index (χ3v) is 10.1. The highest BCUT2D eigenvalue weighted by Crippen LogP contribution is 2.39. The number of amides is 2. The molecule has 9 atom stereocenters. The number of aliphatic hydroxyl groups excluding tert-OH is 1. The van der Waals surface area contributed by atoms with Gasteiger partial charge in [-0.2, -0.15) is 0 Å². The molecule has 12 heteroatoms. The molecule has 5 aliphatic rings. The summed E-state index contributed by atoms with van der Waals surface area (Å²) < 4.78 is 26.7. The zero-order valence-electron chi connectivity index (χ0n) is 25.4. The Morgan fingerprint density at radius 1 is 1.14 bits per heavy atom. The summed E-state index contributed by atoms with van der Waals surface area (Å²) in [5, 5.41) is 23.9. The van der Waals surface area contributed by atoms with Gasteiger partial charge in [0.25, 0.3) is 0 Å². The largest absolute Gasteiger partial charge is 0.390 e. The van der Waals surface area contributed by atoms with E-state index in [1.807, 2.05) is 11.8 Å². The molecule has 4 aliphatic heterocycles. The summed E-state index contributed by atoms with van der Waals surface area (Å²) in [5.41, 5.74) is 0. The third kappa shape index (κ3) is 8.40. The number of hydrogen-bond acceptors (Lipinski definition) is 9. The van der Waals surface area contributed by atoms with Crippen LogP contribution in [-0.2, 0) is 19.1 Å². The molecule has 0 bridgehead atoms. The monoisotopic (exact) mass is 596 g/mol. The number of β-amino-alcohol motifs (C(OH)–C–C–N with tert-alkyl or cyclic N) is 1. The van der Waals surface area contributed by atoms with Gasteiger partial charge in [0.05, 0.1) is 37.8 Å². The van der Waals surface area contributed by atoms with Gasteiger partial charge < -0.3 is 35.0 Å². The Balaban J connectivity index is 0.968. The Labute approximate surface area is 250 Å². The Morgan fingerprint density at radius 2 is 1.98 bits per heavy atom. The zero-order chi connectivity index (χ0) is 29.6. The van der Waals surface area contributed by atoms with Gasteiger partial charge in [-0.1, -0.05) is 6.92 Å². The smallest absolute Gasteiger partial charge is 0.223 e. The first kappa shape index (κ1) is 32.0. The van der Waals surface area contributed by atoms with E-state index >= 15 is 4.39 Å². The van der Waals surface area contributed by atoms with Crippen LogP contribution < -0.4 is 21.3 Å². The number of hydrogen-bond donors (Lipinski definition) is 5. The SMILES string of the molecule is CCCC(=O)N1CC(NC2CC(C(=O)NC[C@H](O)CN3CCC4CC(OCC5OCNC5C)C(F)CC4C3)CCN2)C1. The van der Waals surface area contributed by atoms with Crippen molar-refractivity contribution in [1.82, 2.24) is 31.1 Å². The van der Waals surface area contributed by atoms with Crippen LogP contribution in [0.15, 0.2) is 0 Å². The topological polar surface area (TPSA) is 127 Å². The number of halogens is 1. The molecule has 0 spiro atoms. The number of carbonyl (C=O) groups excluding carboxylic acids is 2. The van der Waals surface area contributed by atoms with Gasteiger partial charge in [-0.25, -0.2) is 4.39 Å². The van der Waals surface area contributed by atoms with E-state index < -0.39 is 12.3 Å². The number of ether oxygens (including phenoxy) is 2. The molecular formula is C30H53FN6O5. The number of alkyl halides is 1. The van der Waals surface area contributed by atoms with E-state index in [4.69, 9.17) is 9.47 Å². The predicted molar refractivity (Wildman–Crippen MR) is 156 cm³/mol. The van der Waals surface area contributed by atoms with E-state index in [9.17, 15) is 14.7 Å². The van der Waals surface area contributed by atoms with Crippen molar-refractivity contribution in [2.75, 3.05) is 59.2 Å². The van der Waals surface area contributed by atoms with Crippen LogP contribution in [-0.4, -0.2) is 129 Å². The lowest BCUT2D eigenvalue weighted by atomic mass is 9.73. The van der Waals surface area contributed by atoms with E-state index in [0.717, 1.165) is 58.4 Å². The molecule has 5 fully saturated rings. The number of fused-ring (bicyclic) bond motifs is 1. The van der Waals surface area contributed by atoms with Crippen molar-refractivity contribution in [3.8, 4) is 0 Å². The molecule has 240 valence electrons. The van der Waals surface area contributed by atoms with Crippen molar-refractivity contribution >= 4 is 11.8 Å². The minimum Gasteiger partial charge on any atom is -0.390 e. The highest BCUT2D eigenvalue weighted by atomic mass is 19.1. The summed E-state index contributed by atoms with van der Waals surface area (Å²) in [6.07, 6.45) is 3.17. The highest BCUT2D eigenvalue weighted by Gasteiger charge is 2.41. The number of likely N-dealkylation sites (tertiary alicyclic amines) is 2. The van der Waals surface area contributed by atoms with Crippen LogP contribution >= 0.6 is 0 Å².